The molecule has 0 saturated carbocycles. The summed E-state index contributed by atoms with van der Waals surface area (Å²) in [5.41, 5.74) is 1.44. The predicted octanol–water partition coefficient (Wildman–Crippen LogP) is 2.40. The van der Waals surface area contributed by atoms with Crippen LogP contribution in [0.15, 0.2) is 62.7 Å². The van der Waals surface area contributed by atoms with Crippen LogP contribution in [-0.4, -0.2) is 67.8 Å². The number of furan rings is 2. The van der Waals surface area contributed by atoms with Gasteiger partial charge in [-0.05, 0) is 31.3 Å². The van der Waals surface area contributed by atoms with Crippen molar-refractivity contribution in [1.82, 2.24) is 15.2 Å². The van der Waals surface area contributed by atoms with Crippen LogP contribution in [0.1, 0.15) is 24.0 Å². The van der Waals surface area contributed by atoms with Gasteiger partial charge in [0.2, 0.25) is 5.91 Å². The third-order valence-electron chi connectivity index (χ3n) is 5.19. The van der Waals surface area contributed by atoms with Gasteiger partial charge in [0, 0.05) is 25.5 Å². The zero-order chi connectivity index (χ0) is 22.5. The Morgan fingerprint density at radius 3 is 2.84 bits per heavy atom. The Kier molecular flexibility index (Phi) is 6.67. The number of fused-ring (bicyclic) bond motifs is 1. The molecule has 9 nitrogen and oxygen atoms in total. The molecular weight excluding hydrogens is 412 g/mol. The number of likely N-dealkylation sites (N-methyl/N-ethyl adjacent to an activating group) is 1. The first kappa shape index (κ1) is 21.8. The van der Waals surface area contributed by atoms with Crippen molar-refractivity contribution in [3.05, 3.63) is 60.2 Å². The second-order valence-corrected chi connectivity index (χ2v) is 7.68. The number of hydrazone groups is 1. The van der Waals surface area contributed by atoms with E-state index in [0.29, 0.717) is 36.8 Å². The summed E-state index contributed by atoms with van der Waals surface area (Å²) < 4.78 is 16.5. The van der Waals surface area contributed by atoms with E-state index in [0.717, 1.165) is 11.0 Å². The lowest BCUT2D eigenvalue weighted by atomic mass is 10.1. The molecule has 0 radical (unpaired) electrons. The standard InChI is InChI=1S/C23H26N4O5/c1-26(14-22(28)24-9-11-30-2)15-23(29)27-18(20-8-5-10-31-20)13-17(25-27)21-12-16-6-3-4-7-19(16)32-21/h3-8,10,12,18H,9,11,13-15H2,1-2H3,(H,24,28)/t18-/m0/s1. The number of carbonyl (C=O) groups is 2. The zero-order valence-corrected chi connectivity index (χ0v) is 18.1. The van der Waals surface area contributed by atoms with Crippen LogP contribution in [0.2, 0.25) is 0 Å². The topological polar surface area (TPSA) is 101 Å². The Balaban J connectivity index is 1.48. The maximum atomic E-state index is 13.1. The lowest BCUT2D eigenvalue weighted by molar-refractivity contribution is -0.134. The average molecular weight is 438 g/mol. The van der Waals surface area contributed by atoms with Crippen LogP contribution in [0.4, 0.5) is 0 Å². The van der Waals surface area contributed by atoms with Crippen molar-refractivity contribution in [2.45, 2.75) is 12.5 Å². The van der Waals surface area contributed by atoms with E-state index in [1.165, 1.54) is 5.01 Å². The number of hydrogen-bond donors (Lipinski definition) is 1. The minimum atomic E-state index is -0.371. The molecule has 1 aliphatic rings. The Labute approximate surface area is 185 Å². The number of hydrogen-bond acceptors (Lipinski definition) is 7. The molecule has 168 valence electrons. The predicted molar refractivity (Wildman–Crippen MR) is 118 cm³/mol. The number of para-hydroxylation sites is 1. The fourth-order valence-electron chi connectivity index (χ4n) is 3.67. The van der Waals surface area contributed by atoms with E-state index in [-0.39, 0.29) is 30.9 Å². The second kappa shape index (κ2) is 9.80. The Morgan fingerprint density at radius 1 is 1.25 bits per heavy atom. The Morgan fingerprint density at radius 2 is 2.09 bits per heavy atom. The highest BCUT2D eigenvalue weighted by molar-refractivity contribution is 6.03. The third-order valence-corrected chi connectivity index (χ3v) is 5.19. The fraction of sp³-hybridized carbons (Fsp3) is 0.348. The van der Waals surface area contributed by atoms with Gasteiger partial charge in [0.25, 0.3) is 5.91 Å². The Bertz CT molecular complexity index is 1070. The molecule has 0 saturated heterocycles. The van der Waals surface area contributed by atoms with Crippen LogP contribution < -0.4 is 5.32 Å². The van der Waals surface area contributed by atoms with Crippen molar-refractivity contribution in [3.63, 3.8) is 0 Å². The van der Waals surface area contributed by atoms with Crippen LogP contribution >= 0.6 is 0 Å². The highest BCUT2D eigenvalue weighted by Crippen LogP contribution is 2.34. The van der Waals surface area contributed by atoms with Gasteiger partial charge in [0.05, 0.1) is 26.0 Å². The molecule has 0 unspecified atom stereocenters. The summed E-state index contributed by atoms with van der Waals surface area (Å²) >= 11 is 0. The number of carbonyl (C=O) groups excluding carboxylic acids is 2. The maximum absolute atomic E-state index is 13.1. The molecule has 9 heteroatoms. The minimum Gasteiger partial charge on any atom is -0.467 e. The van der Waals surface area contributed by atoms with Crippen molar-refractivity contribution in [1.29, 1.82) is 0 Å². The summed E-state index contributed by atoms with van der Waals surface area (Å²) in [4.78, 5) is 26.8. The molecular formula is C23H26N4O5. The molecule has 0 fully saturated rings. The van der Waals surface area contributed by atoms with Crippen molar-refractivity contribution in [2.75, 3.05) is 40.4 Å². The van der Waals surface area contributed by atoms with Gasteiger partial charge in [0.15, 0.2) is 5.76 Å². The lowest BCUT2D eigenvalue weighted by Gasteiger charge is -2.23. The van der Waals surface area contributed by atoms with Gasteiger partial charge in [-0.1, -0.05) is 18.2 Å². The van der Waals surface area contributed by atoms with Gasteiger partial charge >= 0.3 is 0 Å². The lowest BCUT2D eigenvalue weighted by Crippen LogP contribution is -2.41. The van der Waals surface area contributed by atoms with E-state index in [9.17, 15) is 9.59 Å². The quantitative estimate of drug-likeness (QED) is 0.515. The summed E-state index contributed by atoms with van der Waals surface area (Å²) in [6.45, 7) is 0.988. The number of nitrogens with one attached hydrogen (secondary N) is 1. The number of methoxy groups -OCH3 is 1. The van der Waals surface area contributed by atoms with Crippen molar-refractivity contribution in [2.24, 2.45) is 5.10 Å². The molecule has 1 aromatic carbocycles. The minimum absolute atomic E-state index is 0.0335. The van der Waals surface area contributed by atoms with E-state index in [1.807, 2.05) is 36.4 Å². The van der Waals surface area contributed by atoms with E-state index in [1.54, 1.807) is 31.4 Å². The molecule has 3 aromatic rings. The maximum Gasteiger partial charge on any atom is 0.257 e. The molecule has 4 rings (SSSR count). The summed E-state index contributed by atoms with van der Waals surface area (Å²) in [5.74, 6) is 0.870. The molecule has 3 heterocycles. The first-order chi connectivity index (χ1) is 15.5. The van der Waals surface area contributed by atoms with Gasteiger partial charge in [0.1, 0.15) is 23.1 Å². The van der Waals surface area contributed by atoms with E-state index in [2.05, 4.69) is 10.4 Å². The SMILES string of the molecule is COCCNC(=O)CN(C)CC(=O)N1N=C(c2cc3ccccc3o2)C[C@H]1c1ccco1. The smallest absolute Gasteiger partial charge is 0.257 e. The van der Waals surface area contributed by atoms with Gasteiger partial charge in [-0.15, -0.1) is 0 Å². The zero-order valence-electron chi connectivity index (χ0n) is 18.1. The number of nitrogens with zero attached hydrogens (tertiary/aromatic N) is 3. The van der Waals surface area contributed by atoms with Gasteiger partial charge in [-0.2, -0.15) is 5.10 Å². The van der Waals surface area contributed by atoms with E-state index in [4.69, 9.17) is 13.6 Å². The van der Waals surface area contributed by atoms with E-state index >= 15 is 0 Å². The monoisotopic (exact) mass is 438 g/mol. The molecule has 1 aliphatic heterocycles. The highest BCUT2D eigenvalue weighted by atomic mass is 16.5. The van der Waals surface area contributed by atoms with Crippen molar-refractivity contribution in [3.8, 4) is 0 Å². The largest absolute Gasteiger partial charge is 0.467 e. The number of rotatable bonds is 9. The molecule has 2 aromatic heterocycles. The average Bonchev–Trinajstić information content (AvgIpc) is 3.51. The van der Waals surface area contributed by atoms with Crippen LogP contribution in [0.3, 0.4) is 0 Å². The molecule has 0 spiro atoms. The molecule has 0 bridgehead atoms. The van der Waals surface area contributed by atoms with Crippen LogP contribution in [0, 0.1) is 0 Å². The molecule has 0 aliphatic carbocycles. The van der Waals surface area contributed by atoms with Gasteiger partial charge in [-0.25, -0.2) is 5.01 Å². The second-order valence-electron chi connectivity index (χ2n) is 7.68. The molecule has 2 amide bonds. The highest BCUT2D eigenvalue weighted by Gasteiger charge is 2.36. The summed E-state index contributed by atoms with van der Waals surface area (Å²) in [6, 6.07) is 12.9. The molecule has 1 atom stereocenters. The van der Waals surface area contributed by atoms with Crippen LogP contribution in [0.25, 0.3) is 11.0 Å². The van der Waals surface area contributed by atoms with Crippen molar-refractivity contribution < 1.29 is 23.2 Å². The fourth-order valence-corrected chi connectivity index (χ4v) is 3.67. The number of ether oxygens (including phenoxy) is 1. The molecule has 32 heavy (non-hydrogen) atoms. The van der Waals surface area contributed by atoms with E-state index < -0.39 is 0 Å². The normalized spacial score (nSPS) is 16.0. The van der Waals surface area contributed by atoms with Crippen LogP contribution in [0.5, 0.6) is 0 Å². The molecule has 1 N–H and O–H groups in total. The summed E-state index contributed by atoms with van der Waals surface area (Å²) in [6.07, 6.45) is 2.05. The van der Waals surface area contributed by atoms with Gasteiger partial charge in [-0.3, -0.25) is 14.5 Å². The summed E-state index contributed by atoms with van der Waals surface area (Å²) in [5, 5.41) is 9.74. The first-order valence-corrected chi connectivity index (χ1v) is 10.4. The van der Waals surface area contributed by atoms with Crippen LogP contribution in [-0.2, 0) is 14.3 Å². The Hall–Kier alpha value is -3.43. The van der Waals surface area contributed by atoms with Crippen molar-refractivity contribution >= 4 is 28.5 Å². The van der Waals surface area contributed by atoms with Gasteiger partial charge < -0.3 is 18.9 Å². The number of amides is 2. The summed E-state index contributed by atoms with van der Waals surface area (Å²) in [7, 11) is 3.29. The third kappa shape index (κ3) is 4.90. The first-order valence-electron chi connectivity index (χ1n) is 10.4. The number of benzene rings is 1.